The van der Waals surface area contributed by atoms with Gasteiger partial charge < -0.3 is 4.74 Å². The Kier molecular flexibility index (Phi) is 3.36. The molecule has 4 heteroatoms. The molecule has 3 aromatic rings. The van der Waals surface area contributed by atoms with Crippen molar-refractivity contribution in [1.82, 2.24) is 9.55 Å². The maximum absolute atomic E-state index is 6.06. The Morgan fingerprint density at radius 3 is 2.75 bits per heavy atom. The Morgan fingerprint density at radius 2 is 2.00 bits per heavy atom. The number of fused-ring (bicyclic) bond motifs is 1. The van der Waals surface area contributed by atoms with Crippen molar-refractivity contribution in [2.24, 2.45) is 0 Å². The van der Waals surface area contributed by atoms with Gasteiger partial charge in [0.1, 0.15) is 11.6 Å². The molecule has 3 nitrogen and oxygen atoms in total. The SMILES string of the molecule is COc1cccc(-n2c(CCl)nc3c(C)cccc32)c1. The first kappa shape index (κ1) is 13.0. The lowest BCUT2D eigenvalue weighted by atomic mass is 10.2. The highest BCUT2D eigenvalue weighted by Gasteiger charge is 2.13. The third-order valence-corrected chi connectivity index (χ3v) is 3.63. The van der Waals surface area contributed by atoms with Crippen LogP contribution in [0.2, 0.25) is 0 Å². The van der Waals surface area contributed by atoms with Crippen molar-refractivity contribution in [3.8, 4) is 11.4 Å². The van der Waals surface area contributed by atoms with E-state index in [1.807, 2.05) is 30.3 Å². The van der Waals surface area contributed by atoms with Crippen LogP contribution in [0.5, 0.6) is 5.75 Å². The molecule has 0 radical (unpaired) electrons. The molecule has 0 bridgehead atoms. The third kappa shape index (κ3) is 2.04. The van der Waals surface area contributed by atoms with E-state index in [9.17, 15) is 0 Å². The molecule has 0 spiro atoms. The number of para-hydroxylation sites is 1. The molecule has 20 heavy (non-hydrogen) atoms. The van der Waals surface area contributed by atoms with Crippen LogP contribution < -0.4 is 4.74 Å². The van der Waals surface area contributed by atoms with E-state index in [0.717, 1.165) is 33.9 Å². The second-order valence-corrected chi connectivity index (χ2v) is 4.91. The summed E-state index contributed by atoms with van der Waals surface area (Å²) in [5, 5.41) is 0. The summed E-state index contributed by atoms with van der Waals surface area (Å²) < 4.78 is 7.38. The van der Waals surface area contributed by atoms with Crippen LogP contribution in [-0.4, -0.2) is 16.7 Å². The molecule has 0 aliphatic heterocycles. The van der Waals surface area contributed by atoms with Crippen LogP contribution in [0.3, 0.4) is 0 Å². The van der Waals surface area contributed by atoms with Crippen molar-refractivity contribution in [3.05, 3.63) is 53.9 Å². The van der Waals surface area contributed by atoms with E-state index in [0.29, 0.717) is 5.88 Å². The Morgan fingerprint density at radius 1 is 1.20 bits per heavy atom. The van der Waals surface area contributed by atoms with Crippen LogP contribution in [-0.2, 0) is 5.88 Å². The van der Waals surface area contributed by atoms with Crippen molar-refractivity contribution in [1.29, 1.82) is 0 Å². The lowest BCUT2D eigenvalue weighted by Crippen LogP contribution is -1.99. The maximum Gasteiger partial charge on any atom is 0.129 e. The van der Waals surface area contributed by atoms with Crippen molar-refractivity contribution in [2.45, 2.75) is 12.8 Å². The quantitative estimate of drug-likeness (QED) is 0.678. The fraction of sp³-hybridized carbons (Fsp3) is 0.188. The molecule has 1 heterocycles. The summed E-state index contributed by atoms with van der Waals surface area (Å²) in [6, 6.07) is 14.1. The lowest BCUT2D eigenvalue weighted by Gasteiger charge is -2.09. The Balaban J connectivity index is 2.31. The van der Waals surface area contributed by atoms with Gasteiger partial charge in [0.05, 0.1) is 29.7 Å². The van der Waals surface area contributed by atoms with Gasteiger partial charge in [-0.1, -0.05) is 18.2 Å². The van der Waals surface area contributed by atoms with Crippen molar-refractivity contribution in [2.75, 3.05) is 7.11 Å². The molecule has 0 fully saturated rings. The average Bonchev–Trinajstić information content (AvgIpc) is 2.87. The van der Waals surface area contributed by atoms with Crippen LogP contribution >= 0.6 is 11.6 Å². The molecular formula is C16H15ClN2O. The van der Waals surface area contributed by atoms with E-state index < -0.39 is 0 Å². The van der Waals surface area contributed by atoms with Gasteiger partial charge in [0.25, 0.3) is 0 Å². The Hall–Kier alpha value is -2.00. The summed E-state index contributed by atoms with van der Waals surface area (Å²) >= 11 is 6.06. The monoisotopic (exact) mass is 286 g/mol. The average molecular weight is 287 g/mol. The second kappa shape index (κ2) is 5.17. The number of rotatable bonds is 3. The predicted molar refractivity (Wildman–Crippen MR) is 81.9 cm³/mol. The van der Waals surface area contributed by atoms with Crippen molar-refractivity contribution < 1.29 is 4.74 Å². The van der Waals surface area contributed by atoms with Gasteiger partial charge >= 0.3 is 0 Å². The van der Waals surface area contributed by atoms with E-state index in [1.165, 1.54) is 0 Å². The number of aryl methyl sites for hydroxylation is 1. The Labute approximate surface area is 122 Å². The maximum atomic E-state index is 6.06. The molecule has 0 N–H and O–H groups in total. The molecule has 2 aromatic carbocycles. The number of nitrogens with zero attached hydrogens (tertiary/aromatic N) is 2. The number of hydrogen-bond acceptors (Lipinski definition) is 2. The first-order valence-electron chi connectivity index (χ1n) is 6.42. The van der Waals surface area contributed by atoms with Gasteiger partial charge in [-0.05, 0) is 30.7 Å². The van der Waals surface area contributed by atoms with Gasteiger partial charge in [0, 0.05) is 6.07 Å². The summed E-state index contributed by atoms with van der Waals surface area (Å²) in [5.74, 6) is 2.02. The molecular weight excluding hydrogens is 272 g/mol. The van der Waals surface area contributed by atoms with Gasteiger partial charge in [0.15, 0.2) is 0 Å². The summed E-state index contributed by atoms with van der Waals surface area (Å²) in [7, 11) is 1.66. The van der Waals surface area contributed by atoms with Crippen LogP contribution in [0, 0.1) is 6.92 Å². The first-order chi connectivity index (χ1) is 9.74. The number of halogens is 1. The largest absolute Gasteiger partial charge is 0.497 e. The first-order valence-corrected chi connectivity index (χ1v) is 6.95. The van der Waals surface area contributed by atoms with Crippen LogP contribution in [0.1, 0.15) is 11.4 Å². The molecule has 0 amide bonds. The van der Waals surface area contributed by atoms with Crippen LogP contribution in [0.4, 0.5) is 0 Å². The molecule has 0 unspecified atom stereocenters. The summed E-state index contributed by atoms with van der Waals surface area (Å²) in [5.41, 5.74) is 4.21. The van der Waals surface area contributed by atoms with Gasteiger partial charge in [-0.15, -0.1) is 11.6 Å². The minimum absolute atomic E-state index is 0.366. The number of hydrogen-bond donors (Lipinski definition) is 0. The summed E-state index contributed by atoms with van der Waals surface area (Å²) in [4.78, 5) is 4.65. The summed E-state index contributed by atoms with van der Waals surface area (Å²) in [6.07, 6.45) is 0. The normalized spacial score (nSPS) is 10.9. The van der Waals surface area contributed by atoms with E-state index in [1.54, 1.807) is 7.11 Å². The van der Waals surface area contributed by atoms with Gasteiger partial charge in [-0.25, -0.2) is 4.98 Å². The molecule has 3 rings (SSSR count). The van der Waals surface area contributed by atoms with Gasteiger partial charge in [-0.2, -0.15) is 0 Å². The molecule has 0 saturated heterocycles. The number of ether oxygens (including phenoxy) is 1. The van der Waals surface area contributed by atoms with Gasteiger partial charge in [0.2, 0.25) is 0 Å². The number of benzene rings is 2. The highest BCUT2D eigenvalue weighted by atomic mass is 35.5. The molecule has 102 valence electrons. The lowest BCUT2D eigenvalue weighted by molar-refractivity contribution is 0.414. The molecule has 1 aromatic heterocycles. The zero-order chi connectivity index (χ0) is 14.1. The minimum atomic E-state index is 0.366. The number of aromatic nitrogens is 2. The fourth-order valence-corrected chi connectivity index (χ4v) is 2.59. The Bertz CT molecular complexity index is 764. The van der Waals surface area contributed by atoms with Crippen LogP contribution in [0.15, 0.2) is 42.5 Å². The van der Waals surface area contributed by atoms with Crippen LogP contribution in [0.25, 0.3) is 16.7 Å². The van der Waals surface area contributed by atoms with Gasteiger partial charge in [-0.3, -0.25) is 4.57 Å². The number of methoxy groups -OCH3 is 1. The molecule has 0 saturated carbocycles. The van der Waals surface area contributed by atoms with E-state index in [2.05, 4.69) is 28.6 Å². The van der Waals surface area contributed by atoms with Crippen molar-refractivity contribution >= 4 is 22.6 Å². The fourth-order valence-electron chi connectivity index (χ4n) is 2.41. The van der Waals surface area contributed by atoms with E-state index in [4.69, 9.17) is 16.3 Å². The zero-order valence-corrected chi connectivity index (χ0v) is 12.2. The summed E-state index contributed by atoms with van der Waals surface area (Å²) in [6.45, 7) is 2.06. The molecule has 0 atom stereocenters. The van der Waals surface area contributed by atoms with E-state index >= 15 is 0 Å². The number of alkyl halides is 1. The number of imidazole rings is 1. The zero-order valence-electron chi connectivity index (χ0n) is 11.4. The van der Waals surface area contributed by atoms with E-state index in [-0.39, 0.29) is 0 Å². The second-order valence-electron chi connectivity index (χ2n) is 4.64. The van der Waals surface area contributed by atoms with Crippen molar-refractivity contribution in [3.63, 3.8) is 0 Å². The molecule has 0 aliphatic carbocycles. The third-order valence-electron chi connectivity index (χ3n) is 3.39. The predicted octanol–water partition coefficient (Wildman–Crippen LogP) is 4.08. The topological polar surface area (TPSA) is 27.1 Å². The minimum Gasteiger partial charge on any atom is -0.497 e. The molecule has 0 aliphatic rings. The standard InChI is InChI=1S/C16H15ClN2O/c1-11-5-3-8-14-16(11)18-15(10-17)19(14)12-6-4-7-13(9-12)20-2/h3-9H,10H2,1-2H3. The smallest absolute Gasteiger partial charge is 0.129 e. The highest BCUT2D eigenvalue weighted by Crippen LogP contribution is 2.26. The highest BCUT2D eigenvalue weighted by molar-refractivity contribution is 6.17.